The summed E-state index contributed by atoms with van der Waals surface area (Å²) < 4.78 is 15.0. The molecule has 2 bridgehead atoms. The van der Waals surface area contributed by atoms with E-state index in [4.69, 9.17) is 9.47 Å². The van der Waals surface area contributed by atoms with Crippen molar-refractivity contribution in [2.75, 3.05) is 6.61 Å². The van der Waals surface area contributed by atoms with E-state index >= 15 is 0 Å². The third kappa shape index (κ3) is 2.94. The molecule has 6 heteroatoms. The molecule has 0 N–H and O–H groups in total. The quantitative estimate of drug-likeness (QED) is 0.422. The van der Waals surface area contributed by atoms with Gasteiger partial charge in [0.2, 0.25) is 0 Å². The molecule has 1 aliphatic heterocycles. The number of rotatable bonds is 4. The summed E-state index contributed by atoms with van der Waals surface area (Å²) in [4.78, 5) is 33.8. The molecular weight excluding hydrogens is 252 g/mol. The standard InChI is InChI=1S/C13H16O6/c1-3-10(14)17-6-11(15)19-12-7(2)4-8-5-9(12)18-13(8)16/h3,7-9,12H,1,4-6H2,2H3. The van der Waals surface area contributed by atoms with Crippen LogP contribution in [0.2, 0.25) is 0 Å². The Labute approximate surface area is 110 Å². The molecule has 4 atom stereocenters. The summed E-state index contributed by atoms with van der Waals surface area (Å²) in [5, 5.41) is 0. The Morgan fingerprint density at radius 3 is 2.89 bits per heavy atom. The third-order valence-electron chi connectivity index (χ3n) is 3.47. The molecule has 104 valence electrons. The van der Waals surface area contributed by atoms with Gasteiger partial charge in [-0.15, -0.1) is 0 Å². The highest BCUT2D eigenvalue weighted by molar-refractivity contribution is 5.83. The highest BCUT2D eigenvalue weighted by Crippen LogP contribution is 2.39. The summed E-state index contributed by atoms with van der Waals surface area (Å²) >= 11 is 0. The normalized spacial score (nSPS) is 32.4. The second kappa shape index (κ2) is 5.42. The largest absolute Gasteiger partial charge is 0.458 e. The van der Waals surface area contributed by atoms with Gasteiger partial charge >= 0.3 is 17.9 Å². The molecule has 1 saturated carbocycles. The highest BCUT2D eigenvalue weighted by Gasteiger charge is 2.48. The second-order valence-corrected chi connectivity index (χ2v) is 4.89. The van der Waals surface area contributed by atoms with Crippen LogP contribution >= 0.6 is 0 Å². The second-order valence-electron chi connectivity index (χ2n) is 4.89. The van der Waals surface area contributed by atoms with Crippen LogP contribution in [-0.2, 0) is 28.6 Å². The lowest BCUT2D eigenvalue weighted by atomic mass is 9.81. The molecule has 0 radical (unpaired) electrons. The van der Waals surface area contributed by atoms with Gasteiger partial charge in [0, 0.05) is 12.5 Å². The van der Waals surface area contributed by atoms with E-state index in [9.17, 15) is 14.4 Å². The molecule has 6 nitrogen and oxygen atoms in total. The molecule has 19 heavy (non-hydrogen) atoms. The van der Waals surface area contributed by atoms with Crippen LogP contribution in [0.1, 0.15) is 19.8 Å². The summed E-state index contributed by atoms with van der Waals surface area (Å²) in [6, 6.07) is 0. The third-order valence-corrected chi connectivity index (χ3v) is 3.47. The van der Waals surface area contributed by atoms with Crippen LogP contribution in [0.25, 0.3) is 0 Å². The SMILES string of the molecule is C=CC(=O)OCC(=O)OC1C(C)CC2CC1OC2=O. The van der Waals surface area contributed by atoms with Gasteiger partial charge in [-0.1, -0.05) is 13.5 Å². The molecule has 0 aromatic carbocycles. The predicted molar refractivity (Wildman–Crippen MR) is 62.8 cm³/mol. The van der Waals surface area contributed by atoms with E-state index in [1.807, 2.05) is 6.92 Å². The zero-order chi connectivity index (χ0) is 14.0. The summed E-state index contributed by atoms with van der Waals surface area (Å²) in [6.45, 7) is 4.67. The minimum Gasteiger partial charge on any atom is -0.458 e. The van der Waals surface area contributed by atoms with Crippen LogP contribution in [0.4, 0.5) is 0 Å². The van der Waals surface area contributed by atoms with Crippen molar-refractivity contribution in [3.63, 3.8) is 0 Å². The van der Waals surface area contributed by atoms with Gasteiger partial charge in [-0.25, -0.2) is 9.59 Å². The van der Waals surface area contributed by atoms with Crippen molar-refractivity contribution in [3.05, 3.63) is 12.7 Å². The van der Waals surface area contributed by atoms with E-state index in [0.717, 1.165) is 6.08 Å². The van der Waals surface area contributed by atoms with E-state index in [-0.39, 0.29) is 23.9 Å². The zero-order valence-electron chi connectivity index (χ0n) is 10.7. The summed E-state index contributed by atoms with van der Waals surface area (Å²) in [6.07, 6.45) is 1.38. The van der Waals surface area contributed by atoms with Gasteiger partial charge < -0.3 is 14.2 Å². The monoisotopic (exact) mass is 268 g/mol. The lowest BCUT2D eigenvalue weighted by molar-refractivity contribution is -0.170. The number of hydrogen-bond acceptors (Lipinski definition) is 6. The Bertz CT molecular complexity index is 415. The van der Waals surface area contributed by atoms with Gasteiger partial charge in [0.05, 0.1) is 5.92 Å². The molecule has 1 aliphatic carbocycles. The fourth-order valence-corrected chi connectivity index (χ4v) is 2.58. The van der Waals surface area contributed by atoms with E-state index in [0.29, 0.717) is 12.8 Å². The molecule has 2 fully saturated rings. The number of esters is 3. The summed E-state index contributed by atoms with van der Waals surface area (Å²) in [5.41, 5.74) is 0. The molecule has 0 aromatic heterocycles. The van der Waals surface area contributed by atoms with Crippen LogP contribution in [0, 0.1) is 11.8 Å². The van der Waals surface area contributed by atoms with Gasteiger partial charge in [-0.05, 0) is 12.3 Å². The first kappa shape index (κ1) is 13.6. The number of hydrogen-bond donors (Lipinski definition) is 0. The minimum absolute atomic E-state index is 0.0502. The molecule has 4 unspecified atom stereocenters. The molecule has 0 spiro atoms. The van der Waals surface area contributed by atoms with Crippen LogP contribution in [0.3, 0.4) is 0 Å². The maximum atomic E-state index is 11.6. The van der Waals surface area contributed by atoms with E-state index in [2.05, 4.69) is 11.3 Å². The van der Waals surface area contributed by atoms with Crippen LogP contribution in [-0.4, -0.2) is 36.7 Å². The van der Waals surface area contributed by atoms with Crippen LogP contribution < -0.4 is 0 Å². The van der Waals surface area contributed by atoms with Crippen molar-refractivity contribution in [2.45, 2.75) is 32.0 Å². The maximum absolute atomic E-state index is 11.6. The Morgan fingerprint density at radius 2 is 2.21 bits per heavy atom. The first-order valence-corrected chi connectivity index (χ1v) is 6.20. The van der Waals surface area contributed by atoms with Gasteiger partial charge in [-0.2, -0.15) is 0 Å². The molecular formula is C13H16O6. The first-order chi connectivity index (χ1) is 9.01. The van der Waals surface area contributed by atoms with Crippen molar-refractivity contribution in [1.29, 1.82) is 0 Å². The predicted octanol–water partition coefficient (Wildman–Crippen LogP) is 0.599. The number of ether oxygens (including phenoxy) is 3. The molecule has 0 amide bonds. The summed E-state index contributed by atoms with van der Waals surface area (Å²) in [7, 11) is 0. The summed E-state index contributed by atoms with van der Waals surface area (Å²) in [5.74, 6) is -1.56. The Kier molecular flexibility index (Phi) is 3.87. The number of fused-ring (bicyclic) bond motifs is 2. The topological polar surface area (TPSA) is 78.9 Å². The molecule has 0 aromatic rings. The number of carbonyl (C=O) groups excluding carboxylic acids is 3. The van der Waals surface area contributed by atoms with E-state index in [1.54, 1.807) is 0 Å². The van der Waals surface area contributed by atoms with Gasteiger partial charge in [0.15, 0.2) is 6.61 Å². The van der Waals surface area contributed by atoms with Crippen molar-refractivity contribution >= 4 is 17.9 Å². The van der Waals surface area contributed by atoms with Crippen molar-refractivity contribution in [2.24, 2.45) is 11.8 Å². The van der Waals surface area contributed by atoms with E-state index < -0.39 is 24.6 Å². The molecule has 2 rings (SSSR count). The lowest BCUT2D eigenvalue weighted by Crippen LogP contribution is -2.40. The van der Waals surface area contributed by atoms with Gasteiger partial charge in [0.25, 0.3) is 0 Å². The first-order valence-electron chi connectivity index (χ1n) is 6.20. The Hall–Kier alpha value is -1.85. The fraction of sp³-hybridized carbons (Fsp3) is 0.615. The number of carbonyl (C=O) groups is 3. The van der Waals surface area contributed by atoms with Crippen molar-refractivity contribution in [3.8, 4) is 0 Å². The smallest absolute Gasteiger partial charge is 0.344 e. The molecule has 1 heterocycles. The Morgan fingerprint density at radius 1 is 1.47 bits per heavy atom. The molecule has 2 aliphatic rings. The van der Waals surface area contributed by atoms with Crippen molar-refractivity contribution in [1.82, 2.24) is 0 Å². The minimum atomic E-state index is -0.680. The lowest BCUT2D eigenvalue weighted by Gasteiger charge is -2.31. The van der Waals surface area contributed by atoms with Crippen LogP contribution in [0.15, 0.2) is 12.7 Å². The maximum Gasteiger partial charge on any atom is 0.344 e. The molecule has 1 saturated heterocycles. The fourth-order valence-electron chi connectivity index (χ4n) is 2.58. The average molecular weight is 268 g/mol. The Balaban J connectivity index is 1.88. The van der Waals surface area contributed by atoms with E-state index in [1.165, 1.54) is 0 Å². The van der Waals surface area contributed by atoms with Crippen LogP contribution in [0.5, 0.6) is 0 Å². The zero-order valence-corrected chi connectivity index (χ0v) is 10.7. The highest BCUT2D eigenvalue weighted by atomic mass is 16.6. The average Bonchev–Trinajstić information content (AvgIpc) is 2.68. The van der Waals surface area contributed by atoms with Gasteiger partial charge in [-0.3, -0.25) is 4.79 Å². The van der Waals surface area contributed by atoms with Gasteiger partial charge in [0.1, 0.15) is 12.2 Å². The van der Waals surface area contributed by atoms with Crippen molar-refractivity contribution < 1.29 is 28.6 Å².